The zero-order valence-corrected chi connectivity index (χ0v) is 9.05. The van der Waals surface area contributed by atoms with Crippen molar-refractivity contribution in [3.63, 3.8) is 0 Å². The van der Waals surface area contributed by atoms with Gasteiger partial charge < -0.3 is 9.53 Å². The maximum atomic E-state index is 10.1. The smallest absolute Gasteiger partial charge is 0.120 e. The minimum Gasteiger partial charge on any atom is -0.497 e. The quantitative estimate of drug-likeness (QED) is 0.533. The molecular weight excluding hydrogens is 196 g/mol. The number of methoxy groups -OCH3 is 1. The van der Waals surface area contributed by atoms with Crippen LogP contribution in [0.15, 0.2) is 24.3 Å². The number of benzene rings is 1. The van der Waals surface area contributed by atoms with E-state index in [1.54, 1.807) is 18.9 Å². The van der Waals surface area contributed by atoms with Crippen molar-refractivity contribution in [2.45, 2.75) is 12.2 Å². The summed E-state index contributed by atoms with van der Waals surface area (Å²) in [4.78, 5) is 10.1. The van der Waals surface area contributed by atoms with Crippen LogP contribution in [0.4, 0.5) is 0 Å². The minimum atomic E-state index is 0.640. The van der Waals surface area contributed by atoms with Crippen molar-refractivity contribution in [1.29, 1.82) is 0 Å². The van der Waals surface area contributed by atoms with Crippen LogP contribution in [0.1, 0.15) is 12.0 Å². The number of hydrogen-bond donors (Lipinski definition) is 0. The van der Waals surface area contributed by atoms with E-state index in [0.29, 0.717) is 6.42 Å². The summed E-state index contributed by atoms with van der Waals surface area (Å²) >= 11 is 1.77. The molecule has 0 saturated heterocycles. The average Bonchev–Trinajstić information content (AvgIpc) is 2.25. The molecule has 0 aliphatic heterocycles. The van der Waals surface area contributed by atoms with Crippen molar-refractivity contribution in [2.75, 3.05) is 12.9 Å². The molecule has 0 aliphatic carbocycles. The number of hydrogen-bond acceptors (Lipinski definition) is 3. The molecule has 76 valence electrons. The van der Waals surface area contributed by atoms with Gasteiger partial charge in [-0.05, 0) is 17.7 Å². The van der Waals surface area contributed by atoms with Crippen LogP contribution in [0.3, 0.4) is 0 Å². The van der Waals surface area contributed by atoms with Gasteiger partial charge in [0.1, 0.15) is 12.0 Å². The summed E-state index contributed by atoms with van der Waals surface area (Å²) < 4.78 is 5.06. The second kappa shape index (κ2) is 6.49. The maximum absolute atomic E-state index is 10.1. The van der Waals surface area contributed by atoms with Gasteiger partial charge in [-0.15, -0.1) is 0 Å². The van der Waals surface area contributed by atoms with Gasteiger partial charge in [0.2, 0.25) is 0 Å². The summed E-state index contributed by atoms with van der Waals surface area (Å²) in [6, 6.07) is 8.00. The Kier molecular flexibility index (Phi) is 5.15. The highest BCUT2D eigenvalue weighted by Gasteiger charge is 1.94. The Balaban J connectivity index is 2.32. The molecule has 0 amide bonds. The number of ether oxygens (including phenoxy) is 1. The highest BCUT2D eigenvalue weighted by Crippen LogP contribution is 2.16. The van der Waals surface area contributed by atoms with Gasteiger partial charge in [0, 0.05) is 17.9 Å². The van der Waals surface area contributed by atoms with Gasteiger partial charge >= 0.3 is 0 Å². The Morgan fingerprint density at radius 3 is 2.64 bits per heavy atom. The molecule has 0 spiro atoms. The fourth-order valence-electron chi connectivity index (χ4n) is 1.04. The van der Waals surface area contributed by atoms with Gasteiger partial charge in [0.15, 0.2) is 0 Å². The van der Waals surface area contributed by atoms with Crippen LogP contribution in [-0.2, 0) is 10.5 Å². The van der Waals surface area contributed by atoms with E-state index in [9.17, 15) is 4.79 Å². The standard InChI is InChI=1S/C11H14O2S/c1-13-11-5-3-10(4-6-11)9-14-8-2-7-12/h3-7H,2,8-9H2,1H3. The third kappa shape index (κ3) is 3.83. The second-order valence-electron chi connectivity index (χ2n) is 2.86. The first-order valence-corrected chi connectivity index (χ1v) is 5.66. The number of carbonyl (C=O) groups excluding carboxylic acids is 1. The monoisotopic (exact) mass is 210 g/mol. The number of rotatable bonds is 6. The van der Waals surface area contributed by atoms with E-state index in [4.69, 9.17) is 4.74 Å². The van der Waals surface area contributed by atoms with E-state index in [1.165, 1.54) is 5.56 Å². The molecule has 2 nitrogen and oxygen atoms in total. The van der Waals surface area contributed by atoms with E-state index in [0.717, 1.165) is 23.5 Å². The van der Waals surface area contributed by atoms with Crippen LogP contribution in [0.5, 0.6) is 5.75 Å². The van der Waals surface area contributed by atoms with Gasteiger partial charge in [-0.3, -0.25) is 0 Å². The Morgan fingerprint density at radius 2 is 2.07 bits per heavy atom. The summed E-state index contributed by atoms with van der Waals surface area (Å²) in [5.74, 6) is 2.74. The number of aldehydes is 1. The van der Waals surface area contributed by atoms with Crippen molar-refractivity contribution in [3.05, 3.63) is 29.8 Å². The molecule has 0 unspecified atom stereocenters. The lowest BCUT2D eigenvalue weighted by molar-refractivity contribution is -0.107. The fourth-order valence-corrected chi connectivity index (χ4v) is 1.88. The molecular formula is C11H14O2S. The van der Waals surface area contributed by atoms with E-state index < -0.39 is 0 Å². The van der Waals surface area contributed by atoms with Crippen molar-refractivity contribution < 1.29 is 9.53 Å². The molecule has 3 heteroatoms. The van der Waals surface area contributed by atoms with E-state index >= 15 is 0 Å². The van der Waals surface area contributed by atoms with Gasteiger partial charge in [-0.2, -0.15) is 11.8 Å². The molecule has 1 rings (SSSR count). The molecule has 0 aromatic heterocycles. The molecule has 0 heterocycles. The predicted molar refractivity (Wildman–Crippen MR) is 59.8 cm³/mol. The zero-order valence-electron chi connectivity index (χ0n) is 8.23. The fraction of sp³-hybridized carbons (Fsp3) is 0.364. The highest BCUT2D eigenvalue weighted by atomic mass is 32.2. The van der Waals surface area contributed by atoms with Crippen molar-refractivity contribution in [1.82, 2.24) is 0 Å². The van der Waals surface area contributed by atoms with E-state index in [1.807, 2.05) is 24.3 Å². The molecule has 14 heavy (non-hydrogen) atoms. The first-order chi connectivity index (χ1) is 6.86. The van der Waals surface area contributed by atoms with Crippen LogP contribution < -0.4 is 4.74 Å². The minimum absolute atomic E-state index is 0.640. The van der Waals surface area contributed by atoms with Crippen molar-refractivity contribution in [2.24, 2.45) is 0 Å². The summed E-state index contributed by atoms with van der Waals surface area (Å²) in [6.07, 6.45) is 1.60. The Morgan fingerprint density at radius 1 is 1.36 bits per heavy atom. The van der Waals surface area contributed by atoms with Crippen molar-refractivity contribution >= 4 is 18.0 Å². The molecule has 1 aromatic carbocycles. The maximum Gasteiger partial charge on any atom is 0.120 e. The topological polar surface area (TPSA) is 26.3 Å². The summed E-state index contributed by atoms with van der Waals surface area (Å²) in [7, 11) is 1.66. The third-order valence-electron chi connectivity index (χ3n) is 1.81. The summed E-state index contributed by atoms with van der Waals surface area (Å²) in [5.41, 5.74) is 1.27. The molecule has 0 fully saturated rings. The SMILES string of the molecule is COc1ccc(CSCCC=O)cc1. The van der Waals surface area contributed by atoms with Gasteiger partial charge in [0.25, 0.3) is 0 Å². The van der Waals surface area contributed by atoms with E-state index in [-0.39, 0.29) is 0 Å². The van der Waals surface area contributed by atoms with Gasteiger partial charge in [-0.1, -0.05) is 12.1 Å². The molecule has 0 atom stereocenters. The lowest BCUT2D eigenvalue weighted by atomic mass is 10.2. The number of carbonyl (C=O) groups is 1. The first kappa shape index (κ1) is 11.1. The highest BCUT2D eigenvalue weighted by molar-refractivity contribution is 7.98. The van der Waals surface area contributed by atoms with E-state index in [2.05, 4.69) is 0 Å². The molecule has 0 saturated carbocycles. The molecule has 0 bridgehead atoms. The average molecular weight is 210 g/mol. The predicted octanol–water partition coefficient (Wildman–Crippen LogP) is 2.52. The number of thioether (sulfide) groups is 1. The van der Waals surface area contributed by atoms with Crippen LogP contribution in [0.2, 0.25) is 0 Å². The van der Waals surface area contributed by atoms with Crippen molar-refractivity contribution in [3.8, 4) is 5.75 Å². The molecule has 1 aromatic rings. The first-order valence-electron chi connectivity index (χ1n) is 4.51. The summed E-state index contributed by atoms with van der Waals surface area (Å²) in [5, 5.41) is 0. The molecule has 0 radical (unpaired) electrons. The van der Waals surface area contributed by atoms with Gasteiger partial charge in [-0.25, -0.2) is 0 Å². The second-order valence-corrected chi connectivity index (χ2v) is 3.96. The molecule has 0 N–H and O–H groups in total. The van der Waals surface area contributed by atoms with Crippen LogP contribution in [0.25, 0.3) is 0 Å². The lowest BCUT2D eigenvalue weighted by Gasteiger charge is -2.02. The van der Waals surface area contributed by atoms with Crippen LogP contribution >= 0.6 is 11.8 Å². The molecule has 0 aliphatic rings. The largest absolute Gasteiger partial charge is 0.497 e. The van der Waals surface area contributed by atoms with Crippen LogP contribution in [0, 0.1) is 0 Å². The Bertz CT molecular complexity index is 269. The Labute approximate surface area is 88.7 Å². The zero-order chi connectivity index (χ0) is 10.2. The van der Waals surface area contributed by atoms with Gasteiger partial charge in [0.05, 0.1) is 7.11 Å². The lowest BCUT2D eigenvalue weighted by Crippen LogP contribution is -1.86. The Hall–Kier alpha value is -0.960. The summed E-state index contributed by atoms with van der Waals surface area (Å²) in [6.45, 7) is 0. The third-order valence-corrected chi connectivity index (χ3v) is 2.87. The van der Waals surface area contributed by atoms with Crippen LogP contribution in [-0.4, -0.2) is 19.1 Å². The normalized spacial score (nSPS) is 9.79.